The van der Waals surface area contributed by atoms with Crippen molar-refractivity contribution in [1.29, 1.82) is 0 Å². The topological polar surface area (TPSA) is 116 Å². The molecule has 0 atom stereocenters. The average molecular weight is 462 g/mol. The number of amides is 1. The Balaban J connectivity index is 2.04. The van der Waals surface area contributed by atoms with Crippen LogP contribution in [0.15, 0.2) is 45.8 Å². The van der Waals surface area contributed by atoms with Crippen LogP contribution in [0.5, 0.6) is 0 Å². The number of anilines is 1. The number of primary sulfonamides is 1. The summed E-state index contributed by atoms with van der Waals surface area (Å²) in [5.74, 6) is -1.50. The van der Waals surface area contributed by atoms with Crippen molar-refractivity contribution in [3.8, 4) is 0 Å². The third-order valence-corrected chi connectivity index (χ3v) is 5.39. The van der Waals surface area contributed by atoms with E-state index >= 15 is 0 Å². The van der Waals surface area contributed by atoms with Crippen molar-refractivity contribution in [3.05, 3.63) is 57.0 Å². The second-order valence-electron chi connectivity index (χ2n) is 5.27. The Labute approximate surface area is 163 Å². The van der Waals surface area contributed by atoms with Crippen LogP contribution in [-0.2, 0) is 19.6 Å². The van der Waals surface area contributed by atoms with Gasteiger partial charge in [-0.15, -0.1) is 0 Å². The maximum absolute atomic E-state index is 12.1. The SMILES string of the molecule is Cc1cc(NC(=O)COC(=O)c2cc(S(N)(=O)=O)ccc2Cl)ccc1Br. The Bertz CT molecular complexity index is 979. The number of rotatable bonds is 5. The molecule has 2 aromatic carbocycles. The smallest absolute Gasteiger partial charge is 0.340 e. The summed E-state index contributed by atoms with van der Waals surface area (Å²) in [6, 6.07) is 8.57. The van der Waals surface area contributed by atoms with Crippen molar-refractivity contribution in [2.75, 3.05) is 11.9 Å². The summed E-state index contributed by atoms with van der Waals surface area (Å²) >= 11 is 9.23. The summed E-state index contributed by atoms with van der Waals surface area (Å²) in [4.78, 5) is 23.7. The van der Waals surface area contributed by atoms with Gasteiger partial charge in [-0.1, -0.05) is 27.5 Å². The first-order valence-electron chi connectivity index (χ1n) is 7.13. The number of nitrogens with two attached hydrogens (primary N) is 1. The molecule has 0 aliphatic carbocycles. The molecule has 1 amide bonds. The van der Waals surface area contributed by atoms with Crippen LogP contribution < -0.4 is 10.5 Å². The van der Waals surface area contributed by atoms with Crippen molar-refractivity contribution in [1.82, 2.24) is 0 Å². The molecule has 10 heteroatoms. The third-order valence-electron chi connectivity index (χ3n) is 3.26. The Kier molecular flexibility index (Phi) is 6.40. The maximum Gasteiger partial charge on any atom is 0.340 e. The highest BCUT2D eigenvalue weighted by Crippen LogP contribution is 2.21. The fourth-order valence-electron chi connectivity index (χ4n) is 1.97. The minimum Gasteiger partial charge on any atom is -0.452 e. The number of esters is 1. The number of carbonyl (C=O) groups is 2. The lowest BCUT2D eigenvalue weighted by molar-refractivity contribution is -0.119. The van der Waals surface area contributed by atoms with Crippen LogP contribution in [0.25, 0.3) is 0 Å². The van der Waals surface area contributed by atoms with E-state index < -0.39 is 28.5 Å². The average Bonchev–Trinajstić information content (AvgIpc) is 2.55. The number of benzene rings is 2. The largest absolute Gasteiger partial charge is 0.452 e. The molecule has 0 heterocycles. The molecule has 2 aromatic rings. The molecule has 0 bridgehead atoms. The molecule has 0 saturated heterocycles. The molecular weight excluding hydrogens is 448 g/mol. The molecule has 0 aliphatic rings. The number of carbonyl (C=O) groups excluding carboxylic acids is 2. The summed E-state index contributed by atoms with van der Waals surface area (Å²) in [7, 11) is -4.00. The van der Waals surface area contributed by atoms with Gasteiger partial charge in [-0.25, -0.2) is 18.4 Å². The zero-order chi connectivity index (χ0) is 19.5. The Morgan fingerprint density at radius 1 is 1.23 bits per heavy atom. The minimum atomic E-state index is -4.00. The van der Waals surface area contributed by atoms with Crippen LogP contribution in [0.4, 0.5) is 5.69 Å². The van der Waals surface area contributed by atoms with Gasteiger partial charge in [-0.2, -0.15) is 0 Å². The van der Waals surface area contributed by atoms with Crippen molar-refractivity contribution in [3.63, 3.8) is 0 Å². The molecule has 0 aromatic heterocycles. The molecule has 0 saturated carbocycles. The number of hydrogen-bond donors (Lipinski definition) is 2. The molecule has 2 rings (SSSR count). The standard InChI is InChI=1S/C16H14BrClN2O5S/c1-9-6-10(2-4-13(9)17)20-15(21)8-25-16(22)12-7-11(26(19,23)24)3-5-14(12)18/h2-7H,8H2,1H3,(H,20,21)(H2,19,23,24). The monoisotopic (exact) mass is 460 g/mol. The third kappa shape index (κ3) is 5.28. The van der Waals surface area contributed by atoms with E-state index in [4.69, 9.17) is 21.5 Å². The van der Waals surface area contributed by atoms with E-state index in [0.717, 1.165) is 22.2 Å². The van der Waals surface area contributed by atoms with Crippen LogP contribution >= 0.6 is 27.5 Å². The quantitative estimate of drug-likeness (QED) is 0.664. The van der Waals surface area contributed by atoms with Gasteiger partial charge in [-0.3, -0.25) is 4.79 Å². The Morgan fingerprint density at radius 2 is 1.92 bits per heavy atom. The molecule has 3 N–H and O–H groups in total. The van der Waals surface area contributed by atoms with E-state index in [1.807, 2.05) is 6.92 Å². The predicted molar refractivity (Wildman–Crippen MR) is 101 cm³/mol. The first-order valence-corrected chi connectivity index (χ1v) is 9.85. The summed E-state index contributed by atoms with van der Waals surface area (Å²) in [5, 5.41) is 7.58. The summed E-state index contributed by atoms with van der Waals surface area (Å²) in [6.07, 6.45) is 0. The van der Waals surface area contributed by atoms with Crippen molar-refractivity contribution in [2.24, 2.45) is 5.14 Å². The van der Waals surface area contributed by atoms with Gasteiger partial charge in [0.1, 0.15) is 0 Å². The highest BCUT2D eigenvalue weighted by Gasteiger charge is 2.18. The van der Waals surface area contributed by atoms with E-state index in [1.54, 1.807) is 18.2 Å². The van der Waals surface area contributed by atoms with Gasteiger partial charge in [0, 0.05) is 10.2 Å². The highest BCUT2D eigenvalue weighted by molar-refractivity contribution is 9.10. The number of aryl methyl sites for hydroxylation is 1. The van der Waals surface area contributed by atoms with Crippen molar-refractivity contribution in [2.45, 2.75) is 11.8 Å². The molecule has 7 nitrogen and oxygen atoms in total. The lowest BCUT2D eigenvalue weighted by atomic mass is 10.2. The Morgan fingerprint density at radius 3 is 2.54 bits per heavy atom. The van der Waals surface area contributed by atoms with Crippen molar-refractivity contribution < 1.29 is 22.7 Å². The number of nitrogens with one attached hydrogen (secondary N) is 1. The fraction of sp³-hybridized carbons (Fsp3) is 0.125. The van der Waals surface area contributed by atoms with E-state index in [2.05, 4.69) is 21.2 Å². The van der Waals surface area contributed by atoms with E-state index in [-0.39, 0.29) is 15.5 Å². The van der Waals surface area contributed by atoms with Gasteiger partial charge in [0.2, 0.25) is 10.0 Å². The van der Waals surface area contributed by atoms with Crippen LogP contribution in [-0.4, -0.2) is 26.9 Å². The second kappa shape index (κ2) is 8.17. The second-order valence-corrected chi connectivity index (χ2v) is 8.10. The molecule has 0 radical (unpaired) electrons. The zero-order valence-electron chi connectivity index (χ0n) is 13.5. The van der Waals surface area contributed by atoms with Crippen molar-refractivity contribution >= 4 is 55.1 Å². The first-order chi connectivity index (χ1) is 12.1. The van der Waals surface area contributed by atoms with Crippen LogP contribution in [0, 0.1) is 6.92 Å². The minimum absolute atomic E-state index is 0.0219. The van der Waals surface area contributed by atoms with E-state index in [9.17, 15) is 18.0 Å². The normalized spacial score (nSPS) is 11.1. The molecule has 0 fully saturated rings. The summed E-state index contributed by atoms with van der Waals surface area (Å²) in [6.45, 7) is 1.30. The molecular formula is C16H14BrClN2O5S. The number of halogens is 2. The summed E-state index contributed by atoms with van der Waals surface area (Å²) in [5.41, 5.74) is 1.26. The number of sulfonamides is 1. The maximum atomic E-state index is 12.1. The van der Waals surface area contributed by atoms with Gasteiger partial charge >= 0.3 is 5.97 Å². The fourth-order valence-corrected chi connectivity index (χ4v) is 2.95. The van der Waals surface area contributed by atoms with Crippen LogP contribution in [0.3, 0.4) is 0 Å². The first kappa shape index (κ1) is 20.4. The van der Waals surface area contributed by atoms with E-state index in [0.29, 0.717) is 5.69 Å². The molecule has 0 aliphatic heterocycles. The van der Waals surface area contributed by atoms with Gasteiger partial charge in [-0.05, 0) is 48.9 Å². The van der Waals surface area contributed by atoms with Crippen LogP contribution in [0.1, 0.15) is 15.9 Å². The molecule has 0 unspecified atom stereocenters. The highest BCUT2D eigenvalue weighted by atomic mass is 79.9. The van der Waals surface area contributed by atoms with Crippen LogP contribution in [0.2, 0.25) is 5.02 Å². The number of ether oxygens (including phenoxy) is 1. The molecule has 0 spiro atoms. The number of hydrogen-bond acceptors (Lipinski definition) is 5. The Hall–Kier alpha value is -1.94. The molecule has 26 heavy (non-hydrogen) atoms. The van der Waals surface area contributed by atoms with Gasteiger partial charge in [0.25, 0.3) is 5.91 Å². The molecule has 138 valence electrons. The van der Waals surface area contributed by atoms with E-state index in [1.165, 1.54) is 6.07 Å². The van der Waals surface area contributed by atoms with Gasteiger partial charge in [0.05, 0.1) is 15.5 Å². The zero-order valence-corrected chi connectivity index (χ0v) is 16.6. The predicted octanol–water partition coefficient (Wildman–Crippen LogP) is 2.85. The summed E-state index contributed by atoms with van der Waals surface area (Å²) < 4.78 is 28.5. The van der Waals surface area contributed by atoms with Gasteiger partial charge in [0.15, 0.2) is 6.61 Å². The lowest BCUT2D eigenvalue weighted by Crippen LogP contribution is -2.21. The van der Waals surface area contributed by atoms with Gasteiger partial charge < -0.3 is 10.1 Å². The lowest BCUT2D eigenvalue weighted by Gasteiger charge is -2.09.